The Labute approximate surface area is 160 Å². The maximum absolute atomic E-state index is 12.3. The Bertz CT molecular complexity index is 857. The molecule has 0 aromatic heterocycles. The van der Waals surface area contributed by atoms with E-state index in [4.69, 9.17) is 11.6 Å². The largest absolute Gasteiger partial charge is 0.323 e. The minimum absolute atomic E-state index is 0.100. The number of amides is 1. The summed E-state index contributed by atoms with van der Waals surface area (Å²) >= 11 is 6.12. The van der Waals surface area contributed by atoms with Crippen LogP contribution in [0.25, 0.3) is 6.08 Å². The van der Waals surface area contributed by atoms with Crippen LogP contribution < -0.4 is 5.32 Å². The second-order valence-electron chi connectivity index (χ2n) is 7.62. The first-order valence-corrected chi connectivity index (χ1v) is 9.24. The Balaban J connectivity index is 1.79. The summed E-state index contributed by atoms with van der Waals surface area (Å²) in [7, 11) is 2.15. The molecule has 0 aliphatic carbocycles. The maximum atomic E-state index is 12.3. The number of nitrogens with zero attached hydrogens (tertiary/aromatic N) is 1. The lowest BCUT2D eigenvalue weighted by atomic mass is 9.76. The standard InChI is InChI=1S/C22H25ClN2O/c1-15-18-13-17(10-11-19(18)22(2,3)14-25(15)4)24-21(26)12-9-16-7-5-6-8-20(16)23/h5-13,15H,14H2,1-4H3,(H,24,26). The van der Waals surface area contributed by atoms with Crippen molar-refractivity contribution < 1.29 is 4.79 Å². The van der Waals surface area contributed by atoms with Gasteiger partial charge in [-0.25, -0.2) is 0 Å². The summed E-state index contributed by atoms with van der Waals surface area (Å²) in [6.45, 7) is 7.75. The summed E-state index contributed by atoms with van der Waals surface area (Å²) in [5.74, 6) is -0.166. The molecule has 1 atom stereocenters. The number of hydrogen-bond acceptors (Lipinski definition) is 2. The normalized spacial score (nSPS) is 19.3. The molecule has 0 fully saturated rings. The lowest BCUT2D eigenvalue weighted by Gasteiger charge is -2.42. The lowest BCUT2D eigenvalue weighted by molar-refractivity contribution is -0.111. The smallest absolute Gasteiger partial charge is 0.248 e. The number of anilines is 1. The number of carbonyl (C=O) groups is 1. The van der Waals surface area contributed by atoms with Crippen molar-refractivity contribution in [3.63, 3.8) is 0 Å². The number of rotatable bonds is 3. The van der Waals surface area contributed by atoms with Crippen molar-refractivity contribution >= 4 is 29.3 Å². The number of benzene rings is 2. The van der Waals surface area contributed by atoms with Crippen LogP contribution in [0.1, 0.15) is 43.5 Å². The molecule has 136 valence electrons. The van der Waals surface area contributed by atoms with Crippen LogP contribution in [0.2, 0.25) is 5.02 Å². The van der Waals surface area contributed by atoms with Gasteiger partial charge in [-0.3, -0.25) is 9.69 Å². The van der Waals surface area contributed by atoms with E-state index in [-0.39, 0.29) is 11.3 Å². The van der Waals surface area contributed by atoms with Gasteiger partial charge in [-0.15, -0.1) is 0 Å². The molecule has 2 aromatic rings. The Morgan fingerprint density at radius 1 is 1.27 bits per heavy atom. The zero-order chi connectivity index (χ0) is 18.9. The van der Waals surface area contributed by atoms with Crippen LogP contribution in [0.4, 0.5) is 5.69 Å². The third-order valence-corrected chi connectivity index (χ3v) is 5.47. The Morgan fingerprint density at radius 2 is 2.00 bits per heavy atom. The molecule has 0 saturated heterocycles. The van der Waals surface area contributed by atoms with Gasteiger partial charge in [0, 0.05) is 34.8 Å². The predicted molar refractivity (Wildman–Crippen MR) is 110 cm³/mol. The highest BCUT2D eigenvalue weighted by atomic mass is 35.5. The van der Waals surface area contributed by atoms with Crippen LogP contribution in [-0.2, 0) is 10.2 Å². The molecule has 0 radical (unpaired) electrons. The van der Waals surface area contributed by atoms with Gasteiger partial charge < -0.3 is 5.32 Å². The van der Waals surface area contributed by atoms with E-state index in [9.17, 15) is 4.79 Å². The van der Waals surface area contributed by atoms with Crippen molar-refractivity contribution in [2.45, 2.75) is 32.2 Å². The fourth-order valence-electron chi connectivity index (χ4n) is 3.65. The summed E-state index contributed by atoms with van der Waals surface area (Å²) in [6.07, 6.45) is 3.25. The van der Waals surface area contributed by atoms with E-state index >= 15 is 0 Å². The third kappa shape index (κ3) is 3.84. The SMILES string of the molecule is CC1c2cc(NC(=O)C=Cc3ccccc3Cl)ccc2C(C)(C)CN1C. The quantitative estimate of drug-likeness (QED) is 0.748. The number of halogens is 1. The minimum atomic E-state index is -0.166. The summed E-state index contributed by atoms with van der Waals surface area (Å²) < 4.78 is 0. The minimum Gasteiger partial charge on any atom is -0.323 e. The van der Waals surface area contributed by atoms with Crippen molar-refractivity contribution in [2.75, 3.05) is 18.9 Å². The van der Waals surface area contributed by atoms with E-state index in [1.165, 1.54) is 17.2 Å². The first-order valence-electron chi connectivity index (χ1n) is 8.86. The first kappa shape index (κ1) is 18.7. The van der Waals surface area contributed by atoms with E-state index < -0.39 is 0 Å². The van der Waals surface area contributed by atoms with Gasteiger partial charge in [-0.2, -0.15) is 0 Å². The molecule has 0 spiro atoms. The summed E-state index contributed by atoms with van der Waals surface area (Å²) in [6, 6.07) is 14.0. The van der Waals surface area contributed by atoms with Gasteiger partial charge in [-0.1, -0.05) is 49.7 Å². The molecule has 4 heteroatoms. The molecular formula is C22H25ClN2O. The van der Waals surface area contributed by atoms with Gasteiger partial charge in [0.1, 0.15) is 0 Å². The Hall–Kier alpha value is -2.10. The van der Waals surface area contributed by atoms with Crippen LogP contribution >= 0.6 is 11.6 Å². The number of likely N-dealkylation sites (N-methyl/N-ethyl adjacent to an activating group) is 1. The van der Waals surface area contributed by atoms with Gasteiger partial charge in [0.25, 0.3) is 0 Å². The average Bonchev–Trinajstić information content (AvgIpc) is 2.58. The Kier molecular flexibility index (Phi) is 5.22. The highest BCUT2D eigenvalue weighted by Gasteiger charge is 2.34. The van der Waals surface area contributed by atoms with E-state index in [1.807, 2.05) is 30.3 Å². The van der Waals surface area contributed by atoms with Crippen LogP contribution in [0.5, 0.6) is 0 Å². The summed E-state index contributed by atoms with van der Waals surface area (Å²) in [4.78, 5) is 14.6. The third-order valence-electron chi connectivity index (χ3n) is 5.12. The topological polar surface area (TPSA) is 32.3 Å². The molecule has 1 aliphatic heterocycles. The number of nitrogens with one attached hydrogen (secondary N) is 1. The molecular weight excluding hydrogens is 344 g/mol. The van der Waals surface area contributed by atoms with Gasteiger partial charge >= 0.3 is 0 Å². The van der Waals surface area contributed by atoms with Crippen molar-refractivity contribution in [1.29, 1.82) is 0 Å². The second-order valence-corrected chi connectivity index (χ2v) is 8.03. The molecule has 1 N–H and O–H groups in total. The lowest BCUT2D eigenvalue weighted by Crippen LogP contribution is -2.42. The monoisotopic (exact) mass is 368 g/mol. The van der Waals surface area contributed by atoms with E-state index in [0.29, 0.717) is 11.1 Å². The Morgan fingerprint density at radius 3 is 2.73 bits per heavy atom. The van der Waals surface area contributed by atoms with E-state index in [0.717, 1.165) is 17.8 Å². The maximum Gasteiger partial charge on any atom is 0.248 e. The van der Waals surface area contributed by atoms with Gasteiger partial charge in [0.2, 0.25) is 5.91 Å². The average molecular weight is 369 g/mol. The van der Waals surface area contributed by atoms with Gasteiger partial charge in [0.05, 0.1) is 0 Å². The molecule has 0 saturated carbocycles. The van der Waals surface area contributed by atoms with Gasteiger partial charge in [0.15, 0.2) is 0 Å². The zero-order valence-electron chi connectivity index (χ0n) is 15.7. The predicted octanol–water partition coefficient (Wildman–Crippen LogP) is 5.28. The molecule has 1 aliphatic rings. The molecule has 0 bridgehead atoms. The number of hydrogen-bond donors (Lipinski definition) is 1. The van der Waals surface area contributed by atoms with Gasteiger partial charge in [-0.05, 0) is 54.9 Å². The summed E-state index contributed by atoms with van der Waals surface area (Å²) in [5.41, 5.74) is 4.37. The van der Waals surface area contributed by atoms with Crippen LogP contribution in [0, 0.1) is 0 Å². The first-order chi connectivity index (χ1) is 12.3. The second kappa shape index (κ2) is 7.26. The van der Waals surface area contributed by atoms with Crippen LogP contribution in [0.3, 0.4) is 0 Å². The van der Waals surface area contributed by atoms with Crippen LogP contribution in [-0.4, -0.2) is 24.4 Å². The van der Waals surface area contributed by atoms with Crippen molar-refractivity contribution in [3.05, 3.63) is 70.3 Å². The summed E-state index contributed by atoms with van der Waals surface area (Å²) in [5, 5.41) is 3.59. The molecule has 1 unspecified atom stereocenters. The van der Waals surface area contributed by atoms with Crippen molar-refractivity contribution in [2.24, 2.45) is 0 Å². The fraction of sp³-hybridized carbons (Fsp3) is 0.318. The highest BCUT2D eigenvalue weighted by Crippen LogP contribution is 2.39. The van der Waals surface area contributed by atoms with E-state index in [1.54, 1.807) is 6.08 Å². The fourth-order valence-corrected chi connectivity index (χ4v) is 3.84. The van der Waals surface area contributed by atoms with Crippen LogP contribution in [0.15, 0.2) is 48.5 Å². The van der Waals surface area contributed by atoms with E-state index in [2.05, 4.69) is 50.2 Å². The number of carbonyl (C=O) groups excluding carboxylic acids is 1. The molecule has 1 heterocycles. The molecule has 26 heavy (non-hydrogen) atoms. The van der Waals surface area contributed by atoms with Crippen molar-refractivity contribution in [3.8, 4) is 0 Å². The van der Waals surface area contributed by atoms with Crippen molar-refractivity contribution in [1.82, 2.24) is 4.90 Å². The molecule has 2 aromatic carbocycles. The number of fused-ring (bicyclic) bond motifs is 1. The molecule has 3 rings (SSSR count). The zero-order valence-corrected chi connectivity index (χ0v) is 16.5. The highest BCUT2D eigenvalue weighted by molar-refractivity contribution is 6.32. The molecule has 3 nitrogen and oxygen atoms in total. The molecule has 1 amide bonds.